The molecule has 4 aromatic heterocycles. The number of hydrogen-bond acceptors (Lipinski definition) is 6. The van der Waals surface area contributed by atoms with Gasteiger partial charge in [-0.1, -0.05) is 0 Å². The lowest BCUT2D eigenvalue weighted by molar-refractivity contribution is -0.131. The fourth-order valence-electron chi connectivity index (χ4n) is 4.83. The average molecular weight is 448 g/mol. The molecule has 0 aliphatic heterocycles. The van der Waals surface area contributed by atoms with Crippen LogP contribution in [0.25, 0.3) is 22.1 Å². The molecule has 10 heteroatoms. The molecule has 0 aromatic carbocycles. The highest BCUT2D eigenvalue weighted by molar-refractivity contribution is 6.07. The van der Waals surface area contributed by atoms with Crippen molar-refractivity contribution in [3.63, 3.8) is 0 Å². The molecule has 172 valence electrons. The van der Waals surface area contributed by atoms with Gasteiger partial charge in [-0.15, -0.1) is 5.10 Å². The molecule has 0 radical (unpaired) electrons. The minimum Gasteiger partial charge on any atom is -0.336 e. The molecule has 0 saturated heterocycles. The molecule has 1 amide bonds. The van der Waals surface area contributed by atoms with Crippen molar-refractivity contribution in [2.24, 2.45) is 14.1 Å². The van der Waals surface area contributed by atoms with Crippen LogP contribution in [0.1, 0.15) is 44.1 Å². The van der Waals surface area contributed by atoms with Crippen LogP contribution in [0.3, 0.4) is 0 Å². The summed E-state index contributed by atoms with van der Waals surface area (Å²) in [5.74, 6) is 2.16. The van der Waals surface area contributed by atoms with Gasteiger partial charge in [0.1, 0.15) is 17.0 Å². The Morgan fingerprint density at radius 1 is 1.18 bits per heavy atom. The van der Waals surface area contributed by atoms with Crippen molar-refractivity contribution in [3.05, 3.63) is 23.9 Å². The van der Waals surface area contributed by atoms with E-state index in [2.05, 4.69) is 42.8 Å². The summed E-state index contributed by atoms with van der Waals surface area (Å²) in [6, 6.07) is 3.03. The fourth-order valence-corrected chi connectivity index (χ4v) is 4.83. The maximum atomic E-state index is 13.3. The van der Waals surface area contributed by atoms with Crippen LogP contribution in [0.4, 0.5) is 11.8 Å². The SMILES string of the molecule is CCn1c(CC(=O)N(C2CC2)C2CC2)cc2c3c(ncn3C)c(Nc3nc(C)n(C)n3)nc21. The van der Waals surface area contributed by atoms with Crippen molar-refractivity contribution in [2.75, 3.05) is 5.32 Å². The Bertz CT molecular complexity index is 1350. The van der Waals surface area contributed by atoms with Gasteiger partial charge in [-0.2, -0.15) is 4.98 Å². The van der Waals surface area contributed by atoms with Crippen LogP contribution in [-0.4, -0.2) is 56.8 Å². The number of fused-ring (bicyclic) bond motifs is 3. The van der Waals surface area contributed by atoms with Crippen molar-refractivity contribution in [2.45, 2.75) is 64.6 Å². The zero-order valence-corrected chi connectivity index (χ0v) is 19.5. The molecule has 33 heavy (non-hydrogen) atoms. The molecule has 4 aromatic rings. The number of amides is 1. The van der Waals surface area contributed by atoms with Gasteiger partial charge in [0.05, 0.1) is 18.3 Å². The largest absolute Gasteiger partial charge is 0.336 e. The van der Waals surface area contributed by atoms with E-state index in [-0.39, 0.29) is 5.91 Å². The zero-order chi connectivity index (χ0) is 22.9. The van der Waals surface area contributed by atoms with E-state index in [0.717, 1.165) is 65.8 Å². The second kappa shape index (κ2) is 7.29. The van der Waals surface area contributed by atoms with E-state index in [1.54, 1.807) is 11.0 Å². The quantitative estimate of drug-likeness (QED) is 0.468. The summed E-state index contributed by atoms with van der Waals surface area (Å²) < 4.78 is 5.88. The molecule has 2 aliphatic carbocycles. The molecule has 2 saturated carbocycles. The fraction of sp³-hybridized carbons (Fsp3) is 0.522. The van der Waals surface area contributed by atoms with Crippen LogP contribution < -0.4 is 5.32 Å². The Kier molecular flexibility index (Phi) is 4.46. The third-order valence-corrected chi connectivity index (χ3v) is 6.82. The van der Waals surface area contributed by atoms with Crippen LogP contribution >= 0.6 is 0 Å². The summed E-state index contributed by atoms with van der Waals surface area (Å²) in [6.07, 6.45) is 6.78. The number of imidazole rings is 1. The molecule has 0 spiro atoms. The number of nitrogens with zero attached hydrogens (tertiary/aromatic N) is 8. The lowest BCUT2D eigenvalue weighted by atomic mass is 10.2. The van der Waals surface area contributed by atoms with Gasteiger partial charge in [0, 0.05) is 43.8 Å². The third kappa shape index (κ3) is 3.35. The summed E-state index contributed by atoms with van der Waals surface area (Å²) in [4.78, 5) is 29.5. The summed E-state index contributed by atoms with van der Waals surface area (Å²) in [5, 5.41) is 8.68. The van der Waals surface area contributed by atoms with Gasteiger partial charge in [-0.25, -0.2) is 9.97 Å². The molecule has 1 N–H and O–H groups in total. The maximum Gasteiger partial charge on any atom is 0.247 e. The number of aromatic nitrogens is 7. The van der Waals surface area contributed by atoms with Crippen molar-refractivity contribution in [1.82, 2.24) is 38.8 Å². The minimum atomic E-state index is 0.241. The Labute approximate surface area is 191 Å². The van der Waals surface area contributed by atoms with Crippen LogP contribution in [0, 0.1) is 6.92 Å². The van der Waals surface area contributed by atoms with E-state index < -0.39 is 0 Å². The molecule has 0 unspecified atom stereocenters. The van der Waals surface area contributed by atoms with Crippen molar-refractivity contribution >= 4 is 39.7 Å². The first-order valence-corrected chi connectivity index (χ1v) is 11.7. The molecule has 4 heterocycles. The normalized spacial score (nSPS) is 16.1. The zero-order valence-electron chi connectivity index (χ0n) is 19.5. The lowest BCUT2D eigenvalue weighted by Crippen LogP contribution is -2.36. The highest BCUT2D eigenvalue weighted by atomic mass is 16.2. The number of pyridine rings is 1. The summed E-state index contributed by atoms with van der Waals surface area (Å²) in [6.45, 7) is 4.73. The smallest absolute Gasteiger partial charge is 0.247 e. The number of carbonyl (C=O) groups is 1. The lowest BCUT2D eigenvalue weighted by Gasteiger charge is -2.22. The molecule has 0 bridgehead atoms. The van der Waals surface area contributed by atoms with E-state index in [1.807, 2.05) is 25.6 Å². The van der Waals surface area contributed by atoms with Gasteiger partial charge in [-0.05, 0) is 45.6 Å². The standard InChI is InChI=1S/C23H29N9O/c1-5-31-16(11-18(33)32(14-6-7-14)15-8-9-15)10-17-20-19(24-12-29(20)3)21(26-22(17)31)27-23-25-13(2)30(4)28-23/h10,12,14-15H,5-9,11H2,1-4H3,(H,26,27,28). The summed E-state index contributed by atoms with van der Waals surface area (Å²) in [7, 11) is 3.84. The predicted octanol–water partition coefficient (Wildman–Crippen LogP) is 2.82. The Hall–Kier alpha value is -3.43. The van der Waals surface area contributed by atoms with Gasteiger partial charge in [0.2, 0.25) is 11.9 Å². The third-order valence-electron chi connectivity index (χ3n) is 6.82. The molecule has 2 fully saturated rings. The number of nitrogens with one attached hydrogen (secondary N) is 1. The second-order valence-electron chi connectivity index (χ2n) is 9.30. The summed E-state index contributed by atoms with van der Waals surface area (Å²) >= 11 is 0. The highest BCUT2D eigenvalue weighted by Gasteiger charge is 2.42. The Morgan fingerprint density at radius 2 is 1.91 bits per heavy atom. The Balaban J connectivity index is 1.44. The average Bonchev–Trinajstić information content (AvgIpc) is 3.69. The van der Waals surface area contributed by atoms with Crippen LogP contribution in [0.2, 0.25) is 0 Å². The second-order valence-corrected chi connectivity index (χ2v) is 9.30. The first-order valence-electron chi connectivity index (χ1n) is 11.7. The van der Waals surface area contributed by atoms with E-state index in [9.17, 15) is 4.79 Å². The first-order chi connectivity index (χ1) is 15.9. The minimum absolute atomic E-state index is 0.241. The summed E-state index contributed by atoms with van der Waals surface area (Å²) in [5.41, 5.74) is 3.59. The van der Waals surface area contributed by atoms with Crippen molar-refractivity contribution in [3.8, 4) is 0 Å². The molecule has 6 rings (SSSR count). The topological polar surface area (TPSA) is 98.7 Å². The van der Waals surface area contributed by atoms with Gasteiger partial charge in [0.15, 0.2) is 5.82 Å². The molecular formula is C23H29N9O. The van der Waals surface area contributed by atoms with Crippen LogP contribution in [-0.2, 0) is 31.9 Å². The van der Waals surface area contributed by atoms with E-state index in [0.29, 0.717) is 30.3 Å². The molecule has 0 atom stereocenters. The number of aryl methyl sites for hydroxylation is 4. The van der Waals surface area contributed by atoms with Crippen molar-refractivity contribution < 1.29 is 4.79 Å². The number of carbonyl (C=O) groups excluding carboxylic acids is 1. The van der Waals surface area contributed by atoms with Crippen LogP contribution in [0.5, 0.6) is 0 Å². The van der Waals surface area contributed by atoms with Crippen molar-refractivity contribution in [1.29, 1.82) is 0 Å². The van der Waals surface area contributed by atoms with Crippen LogP contribution in [0.15, 0.2) is 12.4 Å². The van der Waals surface area contributed by atoms with Gasteiger partial charge >= 0.3 is 0 Å². The molecular weight excluding hydrogens is 418 g/mol. The number of rotatable bonds is 7. The van der Waals surface area contributed by atoms with Gasteiger partial charge in [0.25, 0.3) is 0 Å². The van der Waals surface area contributed by atoms with E-state index in [4.69, 9.17) is 4.98 Å². The first kappa shape index (κ1) is 20.2. The molecule has 10 nitrogen and oxygen atoms in total. The molecule has 2 aliphatic rings. The number of hydrogen-bond donors (Lipinski definition) is 1. The highest BCUT2D eigenvalue weighted by Crippen LogP contribution is 2.38. The Morgan fingerprint density at radius 3 is 2.52 bits per heavy atom. The maximum absolute atomic E-state index is 13.3. The van der Waals surface area contributed by atoms with Gasteiger partial charge < -0.3 is 19.4 Å². The van der Waals surface area contributed by atoms with E-state index >= 15 is 0 Å². The number of anilines is 2. The predicted molar refractivity (Wildman–Crippen MR) is 125 cm³/mol. The monoisotopic (exact) mass is 447 g/mol. The van der Waals surface area contributed by atoms with Gasteiger partial charge in [-0.3, -0.25) is 9.48 Å². The van der Waals surface area contributed by atoms with E-state index in [1.165, 1.54) is 0 Å².